The van der Waals surface area contributed by atoms with Gasteiger partial charge in [0.1, 0.15) is 0 Å². The average Bonchev–Trinajstić information content (AvgIpc) is 2.50. The van der Waals surface area contributed by atoms with Crippen LogP contribution in [0.15, 0.2) is 24.3 Å². The van der Waals surface area contributed by atoms with Crippen LogP contribution < -0.4 is 5.73 Å². The first-order valence-corrected chi connectivity index (χ1v) is 5.43. The number of halogens is 1. The molecule has 1 aromatic rings. The predicted molar refractivity (Wildman–Crippen MR) is 67.3 cm³/mol. The third-order valence-electron chi connectivity index (χ3n) is 1.96. The molecule has 1 rings (SSSR count). The molecule has 1 heterocycles. The van der Waals surface area contributed by atoms with E-state index in [1.54, 1.807) is 0 Å². The molecule has 3 heteroatoms. The van der Waals surface area contributed by atoms with Crippen molar-refractivity contribution < 1.29 is 0 Å². The van der Waals surface area contributed by atoms with Crippen molar-refractivity contribution in [1.82, 2.24) is 0 Å². The lowest BCUT2D eigenvalue weighted by molar-refractivity contribution is 0.731. The number of rotatable bonds is 4. The van der Waals surface area contributed by atoms with Crippen LogP contribution in [0, 0.1) is 0 Å². The second-order valence-corrected chi connectivity index (χ2v) is 4.63. The Hall–Kier alpha value is -0.310. The van der Waals surface area contributed by atoms with Crippen LogP contribution in [0.3, 0.4) is 0 Å². The Balaban J connectivity index is 0.00000169. The Labute approximate surface area is 96.4 Å². The van der Waals surface area contributed by atoms with Crippen LogP contribution in [0.5, 0.6) is 0 Å². The first-order valence-electron chi connectivity index (χ1n) is 4.62. The molecule has 1 aromatic heterocycles. The molecule has 0 aliphatic heterocycles. The highest BCUT2D eigenvalue weighted by Crippen LogP contribution is 2.25. The molecule has 0 aliphatic rings. The monoisotopic (exact) mass is 231 g/mol. The maximum Gasteiger partial charge on any atom is 0.0427 e. The van der Waals surface area contributed by atoms with Crippen molar-refractivity contribution in [2.45, 2.75) is 32.7 Å². The fraction of sp³-hybridized carbons (Fsp3) is 0.455. The minimum absolute atomic E-state index is 0. The molecule has 0 spiro atoms. The molecule has 1 atom stereocenters. The summed E-state index contributed by atoms with van der Waals surface area (Å²) < 4.78 is 0. The van der Waals surface area contributed by atoms with Gasteiger partial charge in [-0.05, 0) is 31.9 Å². The van der Waals surface area contributed by atoms with Crippen LogP contribution in [-0.4, -0.2) is 0 Å². The van der Waals surface area contributed by atoms with Gasteiger partial charge in [-0.2, -0.15) is 0 Å². The van der Waals surface area contributed by atoms with Crippen LogP contribution in [0.2, 0.25) is 0 Å². The summed E-state index contributed by atoms with van der Waals surface area (Å²) in [6.07, 6.45) is 1.99. The Morgan fingerprint density at radius 1 is 1.57 bits per heavy atom. The topological polar surface area (TPSA) is 26.0 Å². The van der Waals surface area contributed by atoms with E-state index in [9.17, 15) is 0 Å². The number of hydrogen-bond acceptors (Lipinski definition) is 2. The normalized spacial score (nSPS) is 11.9. The Kier molecular flexibility index (Phi) is 6.09. The van der Waals surface area contributed by atoms with Gasteiger partial charge in [0, 0.05) is 15.8 Å². The summed E-state index contributed by atoms with van der Waals surface area (Å²) in [4.78, 5) is 2.69. The highest BCUT2D eigenvalue weighted by Gasteiger charge is 2.08. The lowest BCUT2D eigenvalue weighted by atomic mass is 10.1. The van der Waals surface area contributed by atoms with E-state index in [2.05, 4.69) is 25.6 Å². The number of thiophene rings is 1. The summed E-state index contributed by atoms with van der Waals surface area (Å²) in [7, 11) is 0. The Morgan fingerprint density at radius 2 is 2.21 bits per heavy atom. The molecule has 0 amide bonds. The molecular weight excluding hydrogens is 214 g/mol. The van der Waals surface area contributed by atoms with E-state index in [4.69, 9.17) is 5.73 Å². The standard InChI is InChI=1S/C11H17NS.ClH/c1-4-9-5-6-11(13-9)10(12)7-8(2)3;/h5-6,10H,2,4,7,12H2,1,3H3;1H/t10-;/m0./s1. The first-order chi connectivity index (χ1) is 6.13. The highest BCUT2D eigenvalue weighted by molar-refractivity contribution is 7.12. The minimum atomic E-state index is 0. The number of aryl methyl sites for hydroxylation is 1. The summed E-state index contributed by atoms with van der Waals surface area (Å²) in [5, 5.41) is 0. The smallest absolute Gasteiger partial charge is 0.0427 e. The average molecular weight is 232 g/mol. The summed E-state index contributed by atoms with van der Waals surface area (Å²) >= 11 is 1.82. The van der Waals surface area contributed by atoms with E-state index in [0.29, 0.717) is 0 Å². The van der Waals surface area contributed by atoms with Gasteiger partial charge in [-0.15, -0.1) is 30.3 Å². The van der Waals surface area contributed by atoms with E-state index in [1.807, 2.05) is 18.3 Å². The van der Waals surface area contributed by atoms with Crippen LogP contribution in [-0.2, 0) is 6.42 Å². The van der Waals surface area contributed by atoms with E-state index in [0.717, 1.165) is 18.4 Å². The third kappa shape index (κ3) is 3.82. The first kappa shape index (κ1) is 13.7. The van der Waals surface area contributed by atoms with Gasteiger partial charge in [-0.25, -0.2) is 0 Å². The zero-order valence-electron chi connectivity index (χ0n) is 8.75. The maximum atomic E-state index is 6.01. The van der Waals surface area contributed by atoms with Crippen LogP contribution >= 0.6 is 23.7 Å². The summed E-state index contributed by atoms with van der Waals surface area (Å²) in [6.45, 7) is 8.06. The third-order valence-corrected chi connectivity index (χ3v) is 3.33. The lowest BCUT2D eigenvalue weighted by Crippen LogP contribution is -2.08. The number of nitrogens with two attached hydrogens (primary N) is 1. The Bertz CT molecular complexity index is 293. The van der Waals surface area contributed by atoms with Crippen molar-refractivity contribution in [1.29, 1.82) is 0 Å². The number of hydrogen-bond donors (Lipinski definition) is 1. The molecule has 1 nitrogen and oxygen atoms in total. The molecule has 0 saturated heterocycles. The van der Waals surface area contributed by atoms with Crippen molar-refractivity contribution >= 4 is 23.7 Å². The van der Waals surface area contributed by atoms with Crippen molar-refractivity contribution in [2.24, 2.45) is 5.73 Å². The molecule has 0 radical (unpaired) electrons. The van der Waals surface area contributed by atoms with Gasteiger partial charge < -0.3 is 5.73 Å². The summed E-state index contributed by atoms with van der Waals surface area (Å²) in [6, 6.07) is 4.44. The van der Waals surface area contributed by atoms with Crippen LogP contribution in [0.1, 0.15) is 36.1 Å². The van der Waals surface area contributed by atoms with Gasteiger partial charge in [0.15, 0.2) is 0 Å². The van der Waals surface area contributed by atoms with Crippen molar-refractivity contribution in [3.8, 4) is 0 Å². The SMILES string of the molecule is C=C(C)C[C@H](N)c1ccc(CC)s1.Cl. The van der Waals surface area contributed by atoms with E-state index >= 15 is 0 Å². The molecular formula is C11H18ClNS. The molecule has 14 heavy (non-hydrogen) atoms. The minimum Gasteiger partial charge on any atom is -0.323 e. The Morgan fingerprint density at radius 3 is 2.64 bits per heavy atom. The molecule has 0 saturated carbocycles. The summed E-state index contributed by atoms with van der Waals surface area (Å²) in [5.41, 5.74) is 7.17. The van der Waals surface area contributed by atoms with Crippen LogP contribution in [0.4, 0.5) is 0 Å². The van der Waals surface area contributed by atoms with Crippen LogP contribution in [0.25, 0.3) is 0 Å². The molecule has 0 unspecified atom stereocenters. The van der Waals surface area contributed by atoms with E-state index in [-0.39, 0.29) is 18.4 Å². The van der Waals surface area contributed by atoms with Gasteiger partial charge in [-0.1, -0.05) is 12.5 Å². The second-order valence-electron chi connectivity index (χ2n) is 3.43. The lowest BCUT2D eigenvalue weighted by Gasteiger charge is -2.08. The molecule has 2 N–H and O–H groups in total. The van der Waals surface area contributed by atoms with E-state index < -0.39 is 0 Å². The van der Waals surface area contributed by atoms with Gasteiger partial charge >= 0.3 is 0 Å². The van der Waals surface area contributed by atoms with Gasteiger partial charge in [0.2, 0.25) is 0 Å². The van der Waals surface area contributed by atoms with Crippen molar-refractivity contribution in [3.05, 3.63) is 34.0 Å². The van der Waals surface area contributed by atoms with Crippen molar-refractivity contribution in [2.75, 3.05) is 0 Å². The quantitative estimate of drug-likeness (QED) is 0.786. The zero-order chi connectivity index (χ0) is 9.84. The van der Waals surface area contributed by atoms with Gasteiger partial charge in [0.25, 0.3) is 0 Å². The predicted octanol–water partition coefficient (Wildman–Crippen LogP) is 3.70. The zero-order valence-corrected chi connectivity index (χ0v) is 10.4. The van der Waals surface area contributed by atoms with Gasteiger partial charge in [-0.3, -0.25) is 0 Å². The van der Waals surface area contributed by atoms with Crippen molar-refractivity contribution in [3.63, 3.8) is 0 Å². The largest absolute Gasteiger partial charge is 0.323 e. The van der Waals surface area contributed by atoms with Gasteiger partial charge in [0.05, 0.1) is 0 Å². The highest BCUT2D eigenvalue weighted by atomic mass is 35.5. The molecule has 0 aromatic carbocycles. The fourth-order valence-corrected chi connectivity index (χ4v) is 2.21. The maximum absolute atomic E-state index is 6.01. The fourth-order valence-electron chi connectivity index (χ4n) is 1.26. The molecule has 80 valence electrons. The molecule has 0 fully saturated rings. The molecule has 0 aliphatic carbocycles. The van der Waals surface area contributed by atoms with E-state index in [1.165, 1.54) is 9.75 Å². The second kappa shape index (κ2) is 6.23. The molecule has 0 bridgehead atoms. The summed E-state index contributed by atoms with van der Waals surface area (Å²) in [5.74, 6) is 0.